The van der Waals surface area contributed by atoms with Gasteiger partial charge in [0.15, 0.2) is 0 Å². The molecule has 0 saturated carbocycles. The molecule has 0 bridgehead atoms. The van der Waals surface area contributed by atoms with Crippen LogP contribution in [0.3, 0.4) is 0 Å². The van der Waals surface area contributed by atoms with Crippen molar-refractivity contribution in [2.75, 3.05) is 13.6 Å². The molecule has 1 unspecified atom stereocenters. The van der Waals surface area contributed by atoms with E-state index in [4.69, 9.17) is 4.74 Å². The molecule has 0 fully saturated rings. The second kappa shape index (κ2) is 6.92. The molecule has 0 spiro atoms. The summed E-state index contributed by atoms with van der Waals surface area (Å²) in [7, 11) is 1.88. The van der Waals surface area contributed by atoms with Crippen LogP contribution in [0, 0.1) is 0 Å². The molecule has 0 aliphatic rings. The van der Waals surface area contributed by atoms with E-state index in [-0.39, 0.29) is 0 Å². The van der Waals surface area contributed by atoms with Crippen molar-refractivity contribution in [1.82, 2.24) is 5.32 Å². The SMILES string of the molecule is CNCCC(O)c1ccc(Oc2ccccc2)cc1. The first-order valence-corrected chi connectivity index (χ1v) is 6.45. The minimum Gasteiger partial charge on any atom is -0.457 e. The van der Waals surface area contributed by atoms with Gasteiger partial charge in [0.1, 0.15) is 11.5 Å². The number of ether oxygens (including phenoxy) is 1. The van der Waals surface area contributed by atoms with Gasteiger partial charge in [-0.1, -0.05) is 30.3 Å². The number of hydrogen-bond acceptors (Lipinski definition) is 3. The van der Waals surface area contributed by atoms with E-state index in [0.717, 1.165) is 23.6 Å². The van der Waals surface area contributed by atoms with Crippen LogP contribution in [-0.2, 0) is 0 Å². The molecule has 0 aliphatic carbocycles. The normalized spacial score (nSPS) is 12.1. The van der Waals surface area contributed by atoms with Crippen LogP contribution >= 0.6 is 0 Å². The Labute approximate surface area is 113 Å². The fourth-order valence-electron chi connectivity index (χ4n) is 1.83. The third-order valence-corrected chi connectivity index (χ3v) is 2.91. The van der Waals surface area contributed by atoms with E-state index in [1.165, 1.54) is 0 Å². The zero-order valence-corrected chi connectivity index (χ0v) is 11.0. The summed E-state index contributed by atoms with van der Waals surface area (Å²) in [5.74, 6) is 1.58. The van der Waals surface area contributed by atoms with Crippen molar-refractivity contribution >= 4 is 0 Å². The number of nitrogens with one attached hydrogen (secondary N) is 1. The van der Waals surface area contributed by atoms with Gasteiger partial charge in [0.05, 0.1) is 6.10 Å². The van der Waals surface area contributed by atoms with Crippen molar-refractivity contribution < 1.29 is 9.84 Å². The quantitative estimate of drug-likeness (QED) is 0.835. The molecule has 0 heterocycles. The highest BCUT2D eigenvalue weighted by atomic mass is 16.5. The van der Waals surface area contributed by atoms with Crippen LogP contribution in [0.1, 0.15) is 18.1 Å². The van der Waals surface area contributed by atoms with Crippen molar-refractivity contribution in [1.29, 1.82) is 0 Å². The topological polar surface area (TPSA) is 41.5 Å². The molecule has 0 radical (unpaired) electrons. The minimum atomic E-state index is -0.432. The molecule has 0 aliphatic heterocycles. The molecule has 1 atom stereocenters. The zero-order valence-electron chi connectivity index (χ0n) is 11.0. The lowest BCUT2D eigenvalue weighted by molar-refractivity contribution is 0.167. The van der Waals surface area contributed by atoms with Gasteiger partial charge >= 0.3 is 0 Å². The van der Waals surface area contributed by atoms with Crippen molar-refractivity contribution in [3.05, 3.63) is 60.2 Å². The molecule has 0 amide bonds. The molecule has 100 valence electrons. The standard InChI is InChI=1S/C16H19NO2/c1-17-12-11-16(18)13-7-9-15(10-8-13)19-14-5-3-2-4-6-14/h2-10,16-18H,11-12H2,1H3. The summed E-state index contributed by atoms with van der Waals surface area (Å²) < 4.78 is 5.70. The number of rotatable bonds is 6. The van der Waals surface area contributed by atoms with Crippen LogP contribution in [0.4, 0.5) is 0 Å². The highest BCUT2D eigenvalue weighted by Crippen LogP contribution is 2.24. The van der Waals surface area contributed by atoms with Crippen LogP contribution in [0.15, 0.2) is 54.6 Å². The Kier molecular flexibility index (Phi) is 4.95. The third kappa shape index (κ3) is 4.09. The maximum absolute atomic E-state index is 9.95. The lowest BCUT2D eigenvalue weighted by atomic mass is 10.1. The zero-order chi connectivity index (χ0) is 13.5. The molecule has 2 N–H and O–H groups in total. The van der Waals surface area contributed by atoms with Crippen LogP contribution in [-0.4, -0.2) is 18.7 Å². The van der Waals surface area contributed by atoms with E-state index in [9.17, 15) is 5.11 Å². The maximum atomic E-state index is 9.95. The summed E-state index contributed by atoms with van der Waals surface area (Å²) in [5, 5.41) is 13.0. The fourth-order valence-corrected chi connectivity index (χ4v) is 1.83. The summed E-state index contributed by atoms with van der Waals surface area (Å²) in [4.78, 5) is 0. The molecular formula is C16H19NO2. The molecule has 3 heteroatoms. The first kappa shape index (κ1) is 13.6. The van der Waals surface area contributed by atoms with Crippen LogP contribution in [0.25, 0.3) is 0 Å². The molecule has 19 heavy (non-hydrogen) atoms. The number of hydrogen-bond donors (Lipinski definition) is 2. The van der Waals surface area contributed by atoms with Gasteiger partial charge in [0.2, 0.25) is 0 Å². The molecule has 0 saturated heterocycles. The Morgan fingerprint density at radius 2 is 1.63 bits per heavy atom. The first-order valence-electron chi connectivity index (χ1n) is 6.45. The largest absolute Gasteiger partial charge is 0.457 e. The van der Waals surface area contributed by atoms with E-state index < -0.39 is 6.10 Å². The molecular weight excluding hydrogens is 238 g/mol. The van der Waals surface area contributed by atoms with Gasteiger partial charge in [0.25, 0.3) is 0 Å². The van der Waals surface area contributed by atoms with Gasteiger partial charge in [0, 0.05) is 0 Å². The molecule has 2 rings (SSSR count). The first-order chi connectivity index (χ1) is 9.29. The Morgan fingerprint density at radius 3 is 2.26 bits per heavy atom. The number of aliphatic hydroxyl groups excluding tert-OH is 1. The summed E-state index contributed by atoms with van der Waals surface area (Å²) in [6.07, 6.45) is 0.272. The summed E-state index contributed by atoms with van der Waals surface area (Å²) in [6, 6.07) is 17.2. The summed E-state index contributed by atoms with van der Waals surface area (Å²) in [5.41, 5.74) is 0.913. The van der Waals surface area contributed by atoms with Gasteiger partial charge in [-0.05, 0) is 49.8 Å². The highest BCUT2D eigenvalue weighted by Gasteiger charge is 2.06. The average Bonchev–Trinajstić information content (AvgIpc) is 2.46. The highest BCUT2D eigenvalue weighted by molar-refractivity contribution is 5.33. The second-order valence-corrected chi connectivity index (χ2v) is 4.39. The third-order valence-electron chi connectivity index (χ3n) is 2.91. The van der Waals surface area contributed by atoms with Crippen LogP contribution in [0.2, 0.25) is 0 Å². The number of aliphatic hydroxyl groups is 1. The Morgan fingerprint density at radius 1 is 1.00 bits per heavy atom. The van der Waals surface area contributed by atoms with E-state index in [1.54, 1.807) is 0 Å². The Bertz CT molecular complexity index is 482. The van der Waals surface area contributed by atoms with Gasteiger partial charge in [-0.2, -0.15) is 0 Å². The van der Waals surface area contributed by atoms with Crippen molar-refractivity contribution in [2.45, 2.75) is 12.5 Å². The van der Waals surface area contributed by atoms with Crippen molar-refractivity contribution in [3.8, 4) is 11.5 Å². The van der Waals surface area contributed by atoms with Crippen LogP contribution < -0.4 is 10.1 Å². The molecule has 0 aromatic heterocycles. The molecule has 3 nitrogen and oxygen atoms in total. The number of para-hydroxylation sites is 1. The molecule has 2 aromatic rings. The van der Waals surface area contributed by atoms with Crippen molar-refractivity contribution in [3.63, 3.8) is 0 Å². The Hall–Kier alpha value is -1.84. The number of benzene rings is 2. The van der Waals surface area contributed by atoms with Crippen molar-refractivity contribution in [2.24, 2.45) is 0 Å². The maximum Gasteiger partial charge on any atom is 0.127 e. The predicted octanol–water partition coefficient (Wildman–Crippen LogP) is 3.12. The van der Waals surface area contributed by atoms with E-state index >= 15 is 0 Å². The molecule has 2 aromatic carbocycles. The minimum absolute atomic E-state index is 0.432. The smallest absolute Gasteiger partial charge is 0.127 e. The Balaban J connectivity index is 1.98. The summed E-state index contributed by atoms with van der Waals surface area (Å²) >= 11 is 0. The van der Waals surface area contributed by atoms with Gasteiger partial charge in [-0.25, -0.2) is 0 Å². The van der Waals surface area contributed by atoms with Gasteiger partial charge in [-0.15, -0.1) is 0 Å². The predicted molar refractivity (Wildman–Crippen MR) is 76.5 cm³/mol. The van der Waals surface area contributed by atoms with Gasteiger partial charge < -0.3 is 15.2 Å². The lowest BCUT2D eigenvalue weighted by Gasteiger charge is -2.11. The van der Waals surface area contributed by atoms with Crippen LogP contribution in [0.5, 0.6) is 11.5 Å². The van der Waals surface area contributed by atoms with E-state index in [0.29, 0.717) is 6.42 Å². The second-order valence-electron chi connectivity index (χ2n) is 4.39. The monoisotopic (exact) mass is 257 g/mol. The van der Waals surface area contributed by atoms with Gasteiger partial charge in [-0.3, -0.25) is 0 Å². The summed E-state index contributed by atoms with van der Waals surface area (Å²) in [6.45, 7) is 0.795. The fraction of sp³-hybridized carbons (Fsp3) is 0.250. The lowest BCUT2D eigenvalue weighted by Crippen LogP contribution is -2.11. The average molecular weight is 257 g/mol. The van der Waals surface area contributed by atoms with E-state index in [2.05, 4.69) is 5.32 Å². The van der Waals surface area contributed by atoms with E-state index in [1.807, 2.05) is 61.6 Å².